The van der Waals surface area contributed by atoms with Crippen LogP contribution in [0.3, 0.4) is 0 Å². The lowest BCUT2D eigenvalue weighted by Crippen LogP contribution is -2.32. The van der Waals surface area contributed by atoms with Gasteiger partial charge >= 0.3 is 0 Å². The summed E-state index contributed by atoms with van der Waals surface area (Å²) >= 11 is 0. The first-order valence-corrected chi connectivity index (χ1v) is 6.63. The summed E-state index contributed by atoms with van der Waals surface area (Å²) in [4.78, 5) is 4.56. The molecule has 0 aliphatic carbocycles. The van der Waals surface area contributed by atoms with Crippen LogP contribution in [-0.2, 0) is 6.42 Å². The number of aromatic nitrogens is 1. The first-order valence-electron chi connectivity index (χ1n) is 6.63. The summed E-state index contributed by atoms with van der Waals surface area (Å²) in [6.07, 6.45) is 2.80. The molecule has 102 valence electrons. The van der Waals surface area contributed by atoms with Gasteiger partial charge in [0.1, 0.15) is 5.75 Å². The van der Waals surface area contributed by atoms with Crippen LogP contribution < -0.4 is 10.5 Å². The Labute approximate surface area is 111 Å². The standard InChI is InChI=1S/C15H26N2O/c1-9(2)13(12(5)16)7-14-11(4)15(18-6)10(3)8-17-14/h8-9,12-13H,7,16H2,1-6H3. The van der Waals surface area contributed by atoms with Crippen molar-refractivity contribution < 1.29 is 4.74 Å². The zero-order valence-electron chi connectivity index (χ0n) is 12.4. The smallest absolute Gasteiger partial charge is 0.128 e. The maximum absolute atomic E-state index is 6.08. The Balaban J connectivity index is 3.04. The molecule has 0 aromatic carbocycles. The van der Waals surface area contributed by atoms with Gasteiger partial charge in [-0.3, -0.25) is 4.98 Å². The first-order chi connectivity index (χ1) is 8.38. The molecule has 1 heterocycles. The van der Waals surface area contributed by atoms with E-state index < -0.39 is 0 Å². The molecule has 3 nitrogen and oxygen atoms in total. The van der Waals surface area contributed by atoms with E-state index in [1.807, 2.05) is 13.1 Å². The average molecular weight is 250 g/mol. The Kier molecular flexibility index (Phi) is 5.15. The molecule has 18 heavy (non-hydrogen) atoms. The first kappa shape index (κ1) is 15.0. The molecule has 0 spiro atoms. The molecule has 1 rings (SSSR count). The van der Waals surface area contributed by atoms with Gasteiger partial charge < -0.3 is 10.5 Å². The highest BCUT2D eigenvalue weighted by Crippen LogP contribution is 2.27. The molecule has 2 unspecified atom stereocenters. The van der Waals surface area contributed by atoms with Crippen LogP contribution in [0.1, 0.15) is 37.6 Å². The molecule has 0 aliphatic rings. The van der Waals surface area contributed by atoms with E-state index in [0.717, 1.165) is 29.0 Å². The minimum atomic E-state index is 0.179. The van der Waals surface area contributed by atoms with Crippen molar-refractivity contribution in [1.82, 2.24) is 4.98 Å². The van der Waals surface area contributed by atoms with Crippen molar-refractivity contribution in [3.05, 3.63) is 23.0 Å². The summed E-state index contributed by atoms with van der Waals surface area (Å²) in [5.74, 6) is 1.95. The molecule has 0 saturated heterocycles. The number of hydrogen-bond donors (Lipinski definition) is 1. The van der Waals surface area contributed by atoms with E-state index >= 15 is 0 Å². The average Bonchev–Trinajstić information content (AvgIpc) is 2.27. The van der Waals surface area contributed by atoms with E-state index in [-0.39, 0.29) is 6.04 Å². The summed E-state index contributed by atoms with van der Waals surface area (Å²) in [6, 6.07) is 0.179. The number of rotatable bonds is 5. The van der Waals surface area contributed by atoms with Crippen LogP contribution in [0, 0.1) is 25.7 Å². The van der Waals surface area contributed by atoms with Crippen molar-refractivity contribution in [2.24, 2.45) is 17.6 Å². The quantitative estimate of drug-likeness (QED) is 0.874. The van der Waals surface area contributed by atoms with Gasteiger partial charge in [0, 0.05) is 29.1 Å². The highest BCUT2D eigenvalue weighted by Gasteiger charge is 2.21. The molecule has 2 N–H and O–H groups in total. The lowest BCUT2D eigenvalue weighted by atomic mass is 9.85. The second-order valence-electron chi connectivity index (χ2n) is 5.52. The van der Waals surface area contributed by atoms with Crippen molar-refractivity contribution in [1.29, 1.82) is 0 Å². The van der Waals surface area contributed by atoms with Crippen LogP contribution in [0.25, 0.3) is 0 Å². The topological polar surface area (TPSA) is 48.1 Å². The van der Waals surface area contributed by atoms with Crippen LogP contribution in [-0.4, -0.2) is 18.1 Å². The predicted molar refractivity (Wildman–Crippen MR) is 75.9 cm³/mol. The van der Waals surface area contributed by atoms with Gasteiger partial charge in [0.05, 0.1) is 7.11 Å². The largest absolute Gasteiger partial charge is 0.496 e. The van der Waals surface area contributed by atoms with E-state index in [9.17, 15) is 0 Å². The summed E-state index contributed by atoms with van der Waals surface area (Å²) in [5, 5.41) is 0. The third kappa shape index (κ3) is 3.22. The Morgan fingerprint density at radius 2 is 1.89 bits per heavy atom. The zero-order chi connectivity index (χ0) is 13.9. The predicted octanol–water partition coefficient (Wildman–Crippen LogP) is 2.87. The minimum absolute atomic E-state index is 0.179. The lowest BCUT2D eigenvalue weighted by Gasteiger charge is -2.25. The normalized spacial score (nSPS) is 14.7. The summed E-state index contributed by atoms with van der Waals surface area (Å²) in [7, 11) is 1.71. The highest BCUT2D eigenvalue weighted by molar-refractivity contribution is 5.41. The molecule has 2 atom stereocenters. The van der Waals surface area contributed by atoms with Gasteiger partial charge in [0.15, 0.2) is 0 Å². The van der Waals surface area contributed by atoms with Gasteiger partial charge in [-0.2, -0.15) is 0 Å². The Morgan fingerprint density at radius 3 is 2.33 bits per heavy atom. The number of methoxy groups -OCH3 is 1. The highest BCUT2D eigenvalue weighted by atomic mass is 16.5. The Bertz CT molecular complexity index is 392. The monoisotopic (exact) mass is 250 g/mol. The summed E-state index contributed by atoms with van der Waals surface area (Å²) in [6.45, 7) is 10.6. The minimum Gasteiger partial charge on any atom is -0.496 e. The lowest BCUT2D eigenvalue weighted by molar-refractivity contribution is 0.325. The second-order valence-corrected chi connectivity index (χ2v) is 5.52. The van der Waals surface area contributed by atoms with Crippen molar-refractivity contribution in [2.75, 3.05) is 7.11 Å². The van der Waals surface area contributed by atoms with Crippen molar-refractivity contribution in [3.8, 4) is 5.75 Å². The molecule has 0 bridgehead atoms. The fourth-order valence-corrected chi connectivity index (χ4v) is 2.53. The van der Waals surface area contributed by atoms with E-state index in [1.54, 1.807) is 7.11 Å². The van der Waals surface area contributed by atoms with Gasteiger partial charge in [-0.05, 0) is 39.0 Å². The van der Waals surface area contributed by atoms with E-state index in [4.69, 9.17) is 10.5 Å². The number of pyridine rings is 1. The van der Waals surface area contributed by atoms with Gasteiger partial charge in [0.25, 0.3) is 0 Å². The maximum Gasteiger partial charge on any atom is 0.128 e. The molecule has 1 aromatic heterocycles. The number of ether oxygens (including phenoxy) is 1. The van der Waals surface area contributed by atoms with Gasteiger partial charge in [-0.15, -0.1) is 0 Å². The van der Waals surface area contributed by atoms with Gasteiger partial charge in [-0.1, -0.05) is 13.8 Å². The number of nitrogens with zero attached hydrogens (tertiary/aromatic N) is 1. The van der Waals surface area contributed by atoms with Crippen molar-refractivity contribution >= 4 is 0 Å². The number of aryl methyl sites for hydroxylation is 1. The summed E-state index contributed by atoms with van der Waals surface area (Å²) in [5.41, 5.74) is 9.41. The Morgan fingerprint density at radius 1 is 1.28 bits per heavy atom. The maximum atomic E-state index is 6.08. The van der Waals surface area contributed by atoms with Crippen LogP contribution in [0.5, 0.6) is 5.75 Å². The third-order valence-electron chi connectivity index (χ3n) is 3.71. The van der Waals surface area contributed by atoms with E-state index in [0.29, 0.717) is 11.8 Å². The Hall–Kier alpha value is -1.09. The summed E-state index contributed by atoms with van der Waals surface area (Å²) < 4.78 is 5.45. The molecule has 1 aromatic rings. The van der Waals surface area contributed by atoms with Crippen LogP contribution in [0.15, 0.2) is 6.20 Å². The molecule has 0 saturated carbocycles. The van der Waals surface area contributed by atoms with Gasteiger partial charge in [0.2, 0.25) is 0 Å². The fourth-order valence-electron chi connectivity index (χ4n) is 2.53. The molecule has 3 heteroatoms. The molecular formula is C15H26N2O. The van der Waals surface area contributed by atoms with Gasteiger partial charge in [-0.25, -0.2) is 0 Å². The molecule has 0 amide bonds. The van der Waals surface area contributed by atoms with Crippen molar-refractivity contribution in [2.45, 2.75) is 47.1 Å². The van der Waals surface area contributed by atoms with Crippen LogP contribution in [0.2, 0.25) is 0 Å². The third-order valence-corrected chi connectivity index (χ3v) is 3.71. The zero-order valence-corrected chi connectivity index (χ0v) is 12.4. The number of nitrogens with two attached hydrogens (primary N) is 1. The fraction of sp³-hybridized carbons (Fsp3) is 0.667. The van der Waals surface area contributed by atoms with Crippen LogP contribution in [0.4, 0.5) is 0 Å². The molecule has 0 radical (unpaired) electrons. The van der Waals surface area contributed by atoms with Crippen molar-refractivity contribution in [3.63, 3.8) is 0 Å². The molecule has 0 aliphatic heterocycles. The SMILES string of the molecule is COc1c(C)cnc(CC(C(C)C)C(C)N)c1C. The molecule has 0 fully saturated rings. The second kappa shape index (κ2) is 6.19. The van der Waals surface area contributed by atoms with Crippen LogP contribution >= 0.6 is 0 Å². The van der Waals surface area contributed by atoms with E-state index in [2.05, 4.69) is 32.7 Å². The molecular weight excluding hydrogens is 224 g/mol. The van der Waals surface area contributed by atoms with E-state index in [1.165, 1.54) is 0 Å². The number of hydrogen-bond acceptors (Lipinski definition) is 3.